The predicted octanol–water partition coefficient (Wildman–Crippen LogP) is 11.5. The maximum Gasteiger partial charge on any atom is 0.0488 e. The summed E-state index contributed by atoms with van der Waals surface area (Å²) in [5.41, 5.74) is 10.7. The third kappa shape index (κ3) is 4.26. The van der Waals surface area contributed by atoms with Crippen molar-refractivity contribution in [1.82, 2.24) is 0 Å². The van der Waals surface area contributed by atoms with Crippen LogP contribution in [0, 0.1) is 0 Å². The van der Waals surface area contributed by atoms with Crippen LogP contribution in [0.15, 0.2) is 152 Å². The molecule has 0 radical (unpaired) electrons. The van der Waals surface area contributed by atoms with Crippen molar-refractivity contribution in [2.75, 3.05) is 10.2 Å². The maximum absolute atomic E-state index is 3.88. The Labute approximate surface area is 252 Å². The predicted molar refractivity (Wildman–Crippen MR) is 183 cm³/mol. The van der Waals surface area contributed by atoms with Crippen molar-refractivity contribution >= 4 is 50.0 Å². The van der Waals surface area contributed by atoms with Crippen molar-refractivity contribution in [1.29, 1.82) is 0 Å². The SMILES string of the molecule is CC1(C)c2ccccc2-c2c(Nc3ccc4ccccc4c3)cc(N(c3ccccc3)c3ccc4ccccc4c3)cc21. The van der Waals surface area contributed by atoms with E-state index in [0.29, 0.717) is 0 Å². The summed E-state index contributed by atoms with van der Waals surface area (Å²) in [5.74, 6) is 0. The van der Waals surface area contributed by atoms with Gasteiger partial charge in [0.05, 0.1) is 0 Å². The normalized spacial score (nSPS) is 13.1. The highest BCUT2D eigenvalue weighted by molar-refractivity contribution is 5.97. The summed E-state index contributed by atoms with van der Waals surface area (Å²) in [6.45, 7) is 4.70. The summed E-state index contributed by atoms with van der Waals surface area (Å²) in [6.07, 6.45) is 0. The molecule has 1 aliphatic carbocycles. The standard InChI is InChI=1S/C41H32N2/c1-41(2)37-19-11-10-18-36(37)40-38(41)26-35(27-39(40)42-32-22-20-28-12-6-8-14-30(28)24-32)43(33-16-4-3-5-17-33)34-23-21-29-13-7-9-15-31(29)25-34/h3-27,42H,1-2H3. The lowest BCUT2D eigenvalue weighted by atomic mass is 9.82. The molecule has 0 heterocycles. The van der Waals surface area contributed by atoms with Crippen LogP contribution in [0.1, 0.15) is 25.0 Å². The Balaban J connectivity index is 1.36. The van der Waals surface area contributed by atoms with E-state index in [0.717, 1.165) is 28.4 Å². The lowest BCUT2D eigenvalue weighted by Gasteiger charge is -2.29. The van der Waals surface area contributed by atoms with Gasteiger partial charge >= 0.3 is 0 Å². The number of nitrogens with zero attached hydrogens (tertiary/aromatic N) is 1. The van der Waals surface area contributed by atoms with Gasteiger partial charge in [-0.05, 0) is 86.8 Å². The molecule has 1 N–H and O–H groups in total. The fourth-order valence-corrected chi connectivity index (χ4v) is 6.79. The van der Waals surface area contributed by atoms with Crippen molar-refractivity contribution in [3.8, 4) is 11.1 Å². The first-order valence-electron chi connectivity index (χ1n) is 14.9. The monoisotopic (exact) mass is 552 g/mol. The molecule has 1 aliphatic rings. The minimum Gasteiger partial charge on any atom is -0.355 e. The van der Waals surface area contributed by atoms with Gasteiger partial charge in [-0.15, -0.1) is 0 Å². The fourth-order valence-electron chi connectivity index (χ4n) is 6.79. The van der Waals surface area contributed by atoms with Crippen molar-refractivity contribution in [3.05, 3.63) is 163 Å². The first-order valence-corrected chi connectivity index (χ1v) is 14.9. The summed E-state index contributed by atoms with van der Waals surface area (Å²) in [5, 5.41) is 8.81. The van der Waals surface area contributed by atoms with Gasteiger partial charge in [-0.1, -0.05) is 117 Å². The molecule has 0 fully saturated rings. The van der Waals surface area contributed by atoms with Gasteiger partial charge in [0.25, 0.3) is 0 Å². The Morgan fingerprint density at radius 3 is 1.86 bits per heavy atom. The van der Waals surface area contributed by atoms with Gasteiger partial charge in [0, 0.05) is 39.4 Å². The smallest absolute Gasteiger partial charge is 0.0488 e. The Hall–Kier alpha value is -5.34. The molecule has 2 heteroatoms. The molecule has 0 atom stereocenters. The third-order valence-electron chi connectivity index (χ3n) is 8.96. The van der Waals surface area contributed by atoms with E-state index in [1.807, 2.05) is 0 Å². The van der Waals surface area contributed by atoms with Gasteiger partial charge in [0.1, 0.15) is 0 Å². The lowest BCUT2D eigenvalue weighted by molar-refractivity contribution is 0.660. The van der Waals surface area contributed by atoms with Crippen LogP contribution < -0.4 is 10.2 Å². The second kappa shape index (κ2) is 9.89. The molecular formula is C41H32N2. The summed E-state index contributed by atoms with van der Waals surface area (Å²) in [7, 11) is 0. The van der Waals surface area contributed by atoms with Crippen LogP contribution >= 0.6 is 0 Å². The summed E-state index contributed by atoms with van der Waals surface area (Å²) in [6, 6.07) is 54.8. The number of benzene rings is 7. The number of nitrogens with one attached hydrogen (secondary N) is 1. The minimum absolute atomic E-state index is 0.145. The maximum atomic E-state index is 3.88. The first kappa shape index (κ1) is 25.4. The van der Waals surface area contributed by atoms with Crippen LogP contribution in [0.4, 0.5) is 28.4 Å². The van der Waals surface area contributed by atoms with Crippen molar-refractivity contribution in [3.63, 3.8) is 0 Å². The molecule has 0 amide bonds. The molecule has 7 aromatic rings. The molecule has 43 heavy (non-hydrogen) atoms. The molecule has 206 valence electrons. The fraction of sp³-hybridized carbons (Fsp3) is 0.0732. The van der Waals surface area contributed by atoms with E-state index < -0.39 is 0 Å². The van der Waals surface area contributed by atoms with E-state index in [4.69, 9.17) is 0 Å². The number of hydrogen-bond acceptors (Lipinski definition) is 2. The highest BCUT2D eigenvalue weighted by Gasteiger charge is 2.37. The molecule has 0 aromatic heterocycles. The molecule has 0 aliphatic heterocycles. The van der Waals surface area contributed by atoms with E-state index in [1.165, 1.54) is 43.8 Å². The van der Waals surface area contributed by atoms with Crippen molar-refractivity contribution < 1.29 is 0 Å². The zero-order chi connectivity index (χ0) is 29.0. The van der Waals surface area contributed by atoms with Gasteiger partial charge in [-0.2, -0.15) is 0 Å². The van der Waals surface area contributed by atoms with Crippen LogP contribution in [0.5, 0.6) is 0 Å². The summed E-state index contributed by atoms with van der Waals surface area (Å²) in [4.78, 5) is 2.39. The van der Waals surface area contributed by atoms with Crippen LogP contribution in [0.25, 0.3) is 32.7 Å². The minimum atomic E-state index is -0.145. The van der Waals surface area contributed by atoms with Gasteiger partial charge in [0.2, 0.25) is 0 Å². The van der Waals surface area contributed by atoms with Crippen LogP contribution in [0.3, 0.4) is 0 Å². The van der Waals surface area contributed by atoms with Gasteiger partial charge in [0.15, 0.2) is 0 Å². The molecule has 0 bridgehead atoms. The molecule has 0 saturated carbocycles. The van der Waals surface area contributed by atoms with E-state index in [-0.39, 0.29) is 5.41 Å². The van der Waals surface area contributed by atoms with Gasteiger partial charge < -0.3 is 10.2 Å². The molecular weight excluding hydrogens is 520 g/mol. The zero-order valence-corrected chi connectivity index (χ0v) is 24.4. The average molecular weight is 553 g/mol. The Morgan fingerprint density at radius 2 is 1.09 bits per heavy atom. The number of hydrogen-bond donors (Lipinski definition) is 1. The van der Waals surface area contributed by atoms with Crippen LogP contribution in [-0.4, -0.2) is 0 Å². The Morgan fingerprint density at radius 1 is 0.465 bits per heavy atom. The highest BCUT2D eigenvalue weighted by atomic mass is 15.1. The third-order valence-corrected chi connectivity index (χ3v) is 8.96. The van der Waals surface area contributed by atoms with Crippen molar-refractivity contribution in [2.45, 2.75) is 19.3 Å². The Kier molecular flexibility index (Phi) is 5.84. The summed E-state index contributed by atoms with van der Waals surface area (Å²) >= 11 is 0. The Bertz CT molecular complexity index is 2140. The van der Waals surface area contributed by atoms with Crippen LogP contribution in [-0.2, 0) is 5.41 Å². The van der Waals surface area contributed by atoms with E-state index in [2.05, 4.69) is 176 Å². The second-order valence-electron chi connectivity index (χ2n) is 12.0. The molecule has 0 unspecified atom stereocenters. The second-order valence-corrected chi connectivity index (χ2v) is 12.0. The quantitative estimate of drug-likeness (QED) is 0.228. The zero-order valence-electron chi connectivity index (χ0n) is 24.4. The molecule has 8 rings (SSSR count). The van der Waals surface area contributed by atoms with E-state index in [1.54, 1.807) is 0 Å². The molecule has 0 spiro atoms. The van der Waals surface area contributed by atoms with Gasteiger partial charge in [-0.3, -0.25) is 0 Å². The highest BCUT2D eigenvalue weighted by Crippen LogP contribution is 2.54. The first-order chi connectivity index (χ1) is 21.1. The number of fused-ring (bicyclic) bond motifs is 5. The topological polar surface area (TPSA) is 15.3 Å². The molecule has 0 saturated heterocycles. The number of para-hydroxylation sites is 1. The number of anilines is 5. The average Bonchev–Trinajstić information content (AvgIpc) is 3.28. The van der Waals surface area contributed by atoms with E-state index in [9.17, 15) is 0 Å². The van der Waals surface area contributed by atoms with Crippen molar-refractivity contribution in [2.24, 2.45) is 0 Å². The lowest BCUT2D eigenvalue weighted by Crippen LogP contribution is -2.17. The van der Waals surface area contributed by atoms with E-state index >= 15 is 0 Å². The molecule has 2 nitrogen and oxygen atoms in total. The summed E-state index contributed by atoms with van der Waals surface area (Å²) < 4.78 is 0. The molecule has 7 aromatic carbocycles. The van der Waals surface area contributed by atoms with Gasteiger partial charge in [-0.25, -0.2) is 0 Å². The number of rotatable bonds is 5. The van der Waals surface area contributed by atoms with Crippen LogP contribution in [0.2, 0.25) is 0 Å². The largest absolute Gasteiger partial charge is 0.355 e.